The van der Waals surface area contributed by atoms with Gasteiger partial charge in [0.2, 0.25) is 5.88 Å². The minimum Gasteiger partial charge on any atom is -0.452 e. The quantitative estimate of drug-likeness (QED) is 0.872. The minimum absolute atomic E-state index is 0.183. The van der Waals surface area contributed by atoms with E-state index < -0.39 is 18.5 Å². The van der Waals surface area contributed by atoms with Gasteiger partial charge in [0, 0.05) is 6.07 Å². The van der Waals surface area contributed by atoms with Crippen LogP contribution in [0.5, 0.6) is 0 Å². The third-order valence-corrected chi connectivity index (χ3v) is 3.12. The van der Waals surface area contributed by atoms with E-state index in [0.29, 0.717) is 10.7 Å². The van der Waals surface area contributed by atoms with Crippen LogP contribution in [0.25, 0.3) is 0 Å². The summed E-state index contributed by atoms with van der Waals surface area (Å²) >= 11 is 11.5. The van der Waals surface area contributed by atoms with E-state index in [1.165, 1.54) is 18.2 Å². The molecule has 6 nitrogen and oxygen atoms in total. The van der Waals surface area contributed by atoms with E-state index in [1.54, 1.807) is 13.0 Å². The normalized spacial score (nSPS) is 10.2. The van der Waals surface area contributed by atoms with Gasteiger partial charge in [0.25, 0.3) is 5.91 Å². The predicted molar refractivity (Wildman–Crippen MR) is 76.6 cm³/mol. The van der Waals surface area contributed by atoms with Crippen LogP contribution in [0.4, 0.5) is 5.88 Å². The van der Waals surface area contributed by atoms with Crippen molar-refractivity contribution in [2.75, 3.05) is 11.9 Å². The molecule has 0 radical (unpaired) electrons. The van der Waals surface area contributed by atoms with Crippen LogP contribution < -0.4 is 5.32 Å². The lowest BCUT2D eigenvalue weighted by atomic mass is 10.2. The molecular weight excluding hydrogens is 319 g/mol. The molecular formula is C13H10Cl2N2O4. The molecule has 0 fully saturated rings. The molecule has 0 aliphatic rings. The molecule has 8 heteroatoms. The van der Waals surface area contributed by atoms with Crippen molar-refractivity contribution < 1.29 is 18.8 Å². The minimum atomic E-state index is -0.683. The largest absolute Gasteiger partial charge is 0.452 e. The second kappa shape index (κ2) is 6.60. The third kappa shape index (κ3) is 4.21. The number of carbonyl (C=O) groups is 2. The number of ether oxygens (including phenoxy) is 1. The molecule has 0 atom stereocenters. The van der Waals surface area contributed by atoms with Crippen LogP contribution in [0.2, 0.25) is 10.0 Å². The molecule has 0 saturated heterocycles. The Balaban J connectivity index is 1.88. The van der Waals surface area contributed by atoms with Crippen molar-refractivity contribution in [3.8, 4) is 0 Å². The van der Waals surface area contributed by atoms with Crippen LogP contribution in [0, 0.1) is 6.92 Å². The maximum Gasteiger partial charge on any atom is 0.338 e. The molecule has 0 bridgehead atoms. The second-order valence-corrected chi connectivity index (χ2v) is 4.90. The zero-order valence-electron chi connectivity index (χ0n) is 10.9. The van der Waals surface area contributed by atoms with Gasteiger partial charge < -0.3 is 9.26 Å². The fourth-order valence-electron chi connectivity index (χ4n) is 1.43. The molecule has 0 saturated carbocycles. The Morgan fingerprint density at radius 1 is 1.29 bits per heavy atom. The summed E-state index contributed by atoms with van der Waals surface area (Å²) in [5.74, 6) is -1.04. The molecule has 0 spiro atoms. The topological polar surface area (TPSA) is 81.4 Å². The van der Waals surface area contributed by atoms with Crippen molar-refractivity contribution in [3.63, 3.8) is 0 Å². The lowest BCUT2D eigenvalue weighted by Crippen LogP contribution is -2.20. The van der Waals surface area contributed by atoms with E-state index in [-0.39, 0.29) is 16.5 Å². The van der Waals surface area contributed by atoms with Gasteiger partial charge in [0.1, 0.15) is 0 Å². The number of benzene rings is 1. The van der Waals surface area contributed by atoms with Crippen molar-refractivity contribution in [3.05, 3.63) is 45.6 Å². The Morgan fingerprint density at radius 2 is 2.05 bits per heavy atom. The van der Waals surface area contributed by atoms with Crippen molar-refractivity contribution in [1.29, 1.82) is 0 Å². The number of hydrogen-bond acceptors (Lipinski definition) is 5. The van der Waals surface area contributed by atoms with Crippen molar-refractivity contribution in [2.24, 2.45) is 0 Å². The van der Waals surface area contributed by atoms with Crippen molar-refractivity contribution >= 4 is 41.0 Å². The van der Waals surface area contributed by atoms with Crippen LogP contribution >= 0.6 is 23.2 Å². The maximum atomic E-state index is 11.7. The Kier molecular flexibility index (Phi) is 4.82. The fourth-order valence-corrected chi connectivity index (χ4v) is 1.73. The lowest BCUT2D eigenvalue weighted by Gasteiger charge is -2.05. The van der Waals surface area contributed by atoms with Gasteiger partial charge in [-0.25, -0.2) is 4.79 Å². The van der Waals surface area contributed by atoms with Crippen molar-refractivity contribution in [1.82, 2.24) is 5.16 Å². The number of aryl methyl sites for hydroxylation is 1. The Morgan fingerprint density at radius 3 is 2.67 bits per heavy atom. The summed E-state index contributed by atoms with van der Waals surface area (Å²) in [6.07, 6.45) is 0. The fraction of sp³-hybridized carbons (Fsp3) is 0.154. The molecule has 0 unspecified atom stereocenters. The van der Waals surface area contributed by atoms with Crippen LogP contribution in [0.1, 0.15) is 16.1 Å². The highest BCUT2D eigenvalue weighted by atomic mass is 35.5. The van der Waals surface area contributed by atoms with E-state index in [9.17, 15) is 9.59 Å². The molecule has 1 heterocycles. The Bertz CT molecular complexity index is 685. The van der Waals surface area contributed by atoms with Gasteiger partial charge in [-0.1, -0.05) is 28.4 Å². The summed E-state index contributed by atoms with van der Waals surface area (Å²) in [6.45, 7) is 1.25. The summed E-state index contributed by atoms with van der Waals surface area (Å²) in [4.78, 5) is 23.3. The van der Waals surface area contributed by atoms with Crippen LogP contribution in [0.3, 0.4) is 0 Å². The second-order valence-electron chi connectivity index (χ2n) is 4.09. The SMILES string of the molecule is Cc1cc(NC(=O)COC(=O)c2ccc(Cl)c(Cl)c2)on1. The van der Waals surface area contributed by atoms with Crippen molar-refractivity contribution in [2.45, 2.75) is 6.92 Å². The van der Waals surface area contributed by atoms with Gasteiger partial charge in [0.05, 0.1) is 21.3 Å². The third-order valence-electron chi connectivity index (χ3n) is 2.38. The Hall–Kier alpha value is -2.05. The molecule has 1 amide bonds. The predicted octanol–water partition coefficient (Wildman–Crippen LogP) is 3.09. The summed E-state index contributed by atoms with van der Waals surface area (Å²) in [7, 11) is 0. The summed E-state index contributed by atoms with van der Waals surface area (Å²) < 4.78 is 9.65. The number of carbonyl (C=O) groups excluding carboxylic acids is 2. The van der Waals surface area contributed by atoms with Gasteiger partial charge in [-0.3, -0.25) is 10.1 Å². The molecule has 0 aliphatic carbocycles. The smallest absolute Gasteiger partial charge is 0.338 e. The van der Waals surface area contributed by atoms with Gasteiger partial charge in [0.15, 0.2) is 6.61 Å². The molecule has 21 heavy (non-hydrogen) atoms. The van der Waals surface area contributed by atoms with E-state index in [2.05, 4.69) is 10.5 Å². The Labute approximate surface area is 130 Å². The molecule has 1 aromatic heterocycles. The summed E-state index contributed by atoms with van der Waals surface area (Å²) in [5, 5.41) is 6.56. The molecule has 0 aliphatic heterocycles. The zero-order valence-corrected chi connectivity index (χ0v) is 12.4. The van der Waals surface area contributed by atoms with Gasteiger partial charge in [-0.2, -0.15) is 0 Å². The first-order valence-electron chi connectivity index (χ1n) is 5.81. The molecule has 110 valence electrons. The van der Waals surface area contributed by atoms with Gasteiger partial charge in [-0.05, 0) is 25.1 Å². The number of rotatable bonds is 4. The van der Waals surface area contributed by atoms with E-state index in [1.807, 2.05) is 0 Å². The molecule has 1 aromatic carbocycles. The van der Waals surface area contributed by atoms with Crippen LogP contribution in [-0.4, -0.2) is 23.6 Å². The first kappa shape index (κ1) is 15.3. The molecule has 2 aromatic rings. The highest BCUT2D eigenvalue weighted by molar-refractivity contribution is 6.42. The first-order chi connectivity index (χ1) is 9.95. The number of anilines is 1. The lowest BCUT2D eigenvalue weighted by molar-refractivity contribution is -0.119. The first-order valence-corrected chi connectivity index (χ1v) is 6.56. The number of nitrogens with zero attached hydrogens (tertiary/aromatic N) is 1. The van der Waals surface area contributed by atoms with Crippen LogP contribution in [0.15, 0.2) is 28.8 Å². The number of hydrogen-bond donors (Lipinski definition) is 1. The number of halogens is 2. The average molecular weight is 329 g/mol. The van der Waals surface area contributed by atoms with Gasteiger partial charge >= 0.3 is 5.97 Å². The number of amides is 1. The number of nitrogens with one attached hydrogen (secondary N) is 1. The average Bonchev–Trinajstić information content (AvgIpc) is 2.84. The summed E-state index contributed by atoms with van der Waals surface area (Å²) in [5.41, 5.74) is 0.825. The monoisotopic (exact) mass is 328 g/mol. The molecule has 2 rings (SSSR count). The summed E-state index contributed by atoms with van der Waals surface area (Å²) in [6, 6.07) is 5.83. The maximum absolute atomic E-state index is 11.7. The van der Waals surface area contributed by atoms with E-state index in [0.717, 1.165) is 0 Å². The number of esters is 1. The standard InChI is InChI=1S/C13H10Cl2N2O4/c1-7-4-12(21-17-7)16-11(18)6-20-13(19)8-2-3-9(14)10(15)5-8/h2-5H,6H2,1H3,(H,16,18). The highest BCUT2D eigenvalue weighted by Gasteiger charge is 2.13. The zero-order chi connectivity index (χ0) is 15.4. The molecule has 1 N–H and O–H groups in total. The van der Waals surface area contributed by atoms with Crippen LogP contribution in [-0.2, 0) is 9.53 Å². The van der Waals surface area contributed by atoms with E-state index >= 15 is 0 Å². The number of aromatic nitrogens is 1. The van der Waals surface area contributed by atoms with Gasteiger partial charge in [-0.15, -0.1) is 0 Å². The van der Waals surface area contributed by atoms with E-state index in [4.69, 9.17) is 32.5 Å². The highest BCUT2D eigenvalue weighted by Crippen LogP contribution is 2.22.